The molecule has 0 aliphatic carbocycles. The Morgan fingerprint density at radius 2 is 2.00 bits per heavy atom. The smallest absolute Gasteiger partial charge is 0.344 e. The molecule has 0 aliphatic rings. The SMILES string of the molecule is CC(Oc1cc(Cl)c(Cl)cc1N)C(=O)O. The van der Waals surface area contributed by atoms with E-state index in [1.54, 1.807) is 0 Å². The Morgan fingerprint density at radius 3 is 2.53 bits per heavy atom. The van der Waals surface area contributed by atoms with Crippen LogP contribution in [0.25, 0.3) is 0 Å². The third-order valence-corrected chi connectivity index (χ3v) is 2.43. The third-order valence-electron chi connectivity index (χ3n) is 1.70. The van der Waals surface area contributed by atoms with E-state index in [2.05, 4.69) is 0 Å². The average Bonchev–Trinajstić information content (AvgIpc) is 2.13. The maximum atomic E-state index is 10.5. The van der Waals surface area contributed by atoms with Crippen LogP contribution in [0.1, 0.15) is 6.92 Å². The number of aliphatic carboxylic acids is 1. The highest BCUT2D eigenvalue weighted by molar-refractivity contribution is 6.42. The van der Waals surface area contributed by atoms with Crippen molar-refractivity contribution in [3.05, 3.63) is 22.2 Å². The van der Waals surface area contributed by atoms with Crippen molar-refractivity contribution in [3.8, 4) is 5.75 Å². The number of hydrogen-bond acceptors (Lipinski definition) is 3. The molecule has 4 nitrogen and oxygen atoms in total. The Morgan fingerprint density at radius 1 is 1.47 bits per heavy atom. The molecule has 0 amide bonds. The van der Waals surface area contributed by atoms with Crippen LogP contribution in [0.5, 0.6) is 5.75 Å². The van der Waals surface area contributed by atoms with Gasteiger partial charge in [-0.2, -0.15) is 0 Å². The molecular formula is C9H9Cl2NO3. The van der Waals surface area contributed by atoms with Crippen LogP contribution in [0.4, 0.5) is 5.69 Å². The minimum Gasteiger partial charge on any atom is -0.479 e. The summed E-state index contributed by atoms with van der Waals surface area (Å²) >= 11 is 11.4. The van der Waals surface area contributed by atoms with Crippen molar-refractivity contribution in [2.24, 2.45) is 0 Å². The van der Waals surface area contributed by atoms with Gasteiger partial charge in [-0.1, -0.05) is 23.2 Å². The van der Waals surface area contributed by atoms with E-state index in [1.165, 1.54) is 19.1 Å². The topological polar surface area (TPSA) is 72.5 Å². The number of anilines is 1. The van der Waals surface area contributed by atoms with Crippen molar-refractivity contribution in [3.63, 3.8) is 0 Å². The van der Waals surface area contributed by atoms with E-state index in [0.717, 1.165) is 0 Å². The van der Waals surface area contributed by atoms with Gasteiger partial charge in [0, 0.05) is 6.07 Å². The van der Waals surface area contributed by atoms with Gasteiger partial charge in [0.2, 0.25) is 0 Å². The predicted molar refractivity (Wildman–Crippen MR) is 58.6 cm³/mol. The van der Waals surface area contributed by atoms with Gasteiger partial charge < -0.3 is 15.6 Å². The van der Waals surface area contributed by atoms with Crippen molar-refractivity contribution < 1.29 is 14.6 Å². The largest absolute Gasteiger partial charge is 0.479 e. The second-order valence-corrected chi connectivity index (χ2v) is 3.72. The summed E-state index contributed by atoms with van der Waals surface area (Å²) in [5.41, 5.74) is 5.83. The zero-order valence-electron chi connectivity index (χ0n) is 7.83. The number of rotatable bonds is 3. The Hall–Kier alpha value is -1.13. The molecule has 3 N–H and O–H groups in total. The Kier molecular flexibility index (Phi) is 3.66. The summed E-state index contributed by atoms with van der Waals surface area (Å²) in [5.74, 6) is -0.875. The Labute approximate surface area is 96.5 Å². The summed E-state index contributed by atoms with van der Waals surface area (Å²) in [6.45, 7) is 1.39. The van der Waals surface area contributed by atoms with Crippen LogP contribution in [0.15, 0.2) is 12.1 Å². The molecule has 0 aliphatic heterocycles. The lowest BCUT2D eigenvalue weighted by Crippen LogP contribution is -2.23. The van der Waals surface area contributed by atoms with E-state index in [9.17, 15) is 4.79 Å². The van der Waals surface area contributed by atoms with Crippen molar-refractivity contribution in [2.75, 3.05) is 5.73 Å². The molecule has 82 valence electrons. The van der Waals surface area contributed by atoms with Crippen molar-refractivity contribution in [1.29, 1.82) is 0 Å². The van der Waals surface area contributed by atoms with Crippen LogP contribution in [-0.2, 0) is 4.79 Å². The maximum Gasteiger partial charge on any atom is 0.344 e. The van der Waals surface area contributed by atoms with E-state index >= 15 is 0 Å². The highest BCUT2D eigenvalue weighted by Gasteiger charge is 2.15. The minimum absolute atomic E-state index is 0.208. The second-order valence-electron chi connectivity index (χ2n) is 2.90. The molecule has 0 radical (unpaired) electrons. The van der Waals surface area contributed by atoms with Crippen LogP contribution < -0.4 is 10.5 Å². The second kappa shape index (κ2) is 4.59. The van der Waals surface area contributed by atoms with Gasteiger partial charge in [0.15, 0.2) is 6.10 Å². The van der Waals surface area contributed by atoms with Crippen molar-refractivity contribution >= 4 is 34.9 Å². The molecule has 1 aromatic carbocycles. The molecule has 0 heterocycles. The Bertz CT molecular complexity index is 395. The molecule has 0 saturated heterocycles. The number of nitrogen functional groups attached to an aromatic ring is 1. The van der Waals surface area contributed by atoms with Crippen LogP contribution in [-0.4, -0.2) is 17.2 Å². The van der Waals surface area contributed by atoms with Crippen molar-refractivity contribution in [1.82, 2.24) is 0 Å². The lowest BCUT2D eigenvalue weighted by atomic mass is 10.3. The highest BCUT2D eigenvalue weighted by Crippen LogP contribution is 2.32. The number of carboxylic acids is 1. The summed E-state index contributed by atoms with van der Waals surface area (Å²) in [6, 6.07) is 2.80. The van der Waals surface area contributed by atoms with Crippen LogP contribution in [0, 0.1) is 0 Å². The van der Waals surface area contributed by atoms with Crippen LogP contribution >= 0.6 is 23.2 Å². The number of carbonyl (C=O) groups is 1. The van der Waals surface area contributed by atoms with Crippen LogP contribution in [0.2, 0.25) is 10.0 Å². The molecule has 0 spiro atoms. The zero-order valence-corrected chi connectivity index (χ0v) is 9.34. The first-order valence-electron chi connectivity index (χ1n) is 4.05. The lowest BCUT2D eigenvalue weighted by molar-refractivity contribution is -0.144. The first-order chi connectivity index (χ1) is 6.91. The van der Waals surface area contributed by atoms with E-state index in [1.807, 2.05) is 0 Å². The molecule has 0 bridgehead atoms. The van der Waals surface area contributed by atoms with Gasteiger partial charge in [-0.25, -0.2) is 4.79 Å². The fraction of sp³-hybridized carbons (Fsp3) is 0.222. The fourth-order valence-electron chi connectivity index (χ4n) is 0.887. The fourth-order valence-corrected chi connectivity index (χ4v) is 1.21. The van der Waals surface area contributed by atoms with Gasteiger partial charge in [0.25, 0.3) is 0 Å². The summed E-state index contributed by atoms with van der Waals surface area (Å²) < 4.78 is 5.07. The monoisotopic (exact) mass is 249 g/mol. The molecular weight excluding hydrogens is 241 g/mol. The molecule has 0 aromatic heterocycles. The number of benzene rings is 1. The van der Waals surface area contributed by atoms with Crippen LogP contribution in [0.3, 0.4) is 0 Å². The van der Waals surface area contributed by atoms with Gasteiger partial charge in [0.1, 0.15) is 5.75 Å². The minimum atomic E-state index is -1.08. The zero-order chi connectivity index (χ0) is 11.6. The Balaban J connectivity index is 2.95. The molecule has 1 rings (SSSR count). The van der Waals surface area contributed by atoms with Gasteiger partial charge in [-0.15, -0.1) is 0 Å². The summed E-state index contributed by atoms with van der Waals surface area (Å²) in [6.07, 6.45) is -0.996. The van der Waals surface area contributed by atoms with Gasteiger partial charge in [-0.05, 0) is 13.0 Å². The standard InChI is InChI=1S/C9H9Cl2NO3/c1-4(9(13)14)15-8-3-6(11)5(10)2-7(8)12/h2-4H,12H2,1H3,(H,13,14). The molecule has 15 heavy (non-hydrogen) atoms. The van der Waals surface area contributed by atoms with E-state index in [0.29, 0.717) is 5.02 Å². The van der Waals surface area contributed by atoms with E-state index in [4.69, 9.17) is 38.8 Å². The lowest BCUT2D eigenvalue weighted by Gasteiger charge is -2.13. The summed E-state index contributed by atoms with van der Waals surface area (Å²) in [7, 11) is 0. The summed E-state index contributed by atoms with van der Waals surface area (Å²) in [4.78, 5) is 10.5. The van der Waals surface area contributed by atoms with Gasteiger partial charge in [0.05, 0.1) is 15.7 Å². The number of nitrogens with two attached hydrogens (primary N) is 1. The highest BCUT2D eigenvalue weighted by atomic mass is 35.5. The number of carboxylic acid groups (broad SMARTS) is 1. The van der Waals surface area contributed by atoms with E-state index in [-0.39, 0.29) is 16.5 Å². The molecule has 1 unspecified atom stereocenters. The first-order valence-corrected chi connectivity index (χ1v) is 4.81. The van der Waals surface area contributed by atoms with Crippen molar-refractivity contribution in [2.45, 2.75) is 13.0 Å². The molecule has 1 atom stereocenters. The normalized spacial score (nSPS) is 12.2. The molecule has 0 saturated carbocycles. The molecule has 6 heteroatoms. The molecule has 1 aromatic rings. The number of halogens is 2. The first kappa shape index (κ1) is 11.9. The van der Waals surface area contributed by atoms with Gasteiger partial charge >= 0.3 is 5.97 Å². The predicted octanol–water partition coefficient (Wildman–Crippen LogP) is 2.43. The van der Waals surface area contributed by atoms with E-state index < -0.39 is 12.1 Å². The number of hydrogen-bond donors (Lipinski definition) is 2. The summed E-state index contributed by atoms with van der Waals surface area (Å²) in [5, 5.41) is 9.19. The third kappa shape index (κ3) is 2.91. The average molecular weight is 250 g/mol. The maximum absolute atomic E-state index is 10.5. The van der Waals surface area contributed by atoms with Gasteiger partial charge in [-0.3, -0.25) is 0 Å². The number of ether oxygens (including phenoxy) is 1. The quantitative estimate of drug-likeness (QED) is 0.808. The molecule has 0 fully saturated rings.